The Labute approximate surface area is 154 Å². The molecule has 4 rings (SSSR count). The highest BCUT2D eigenvalue weighted by Crippen LogP contribution is 2.28. The van der Waals surface area contributed by atoms with Crippen molar-refractivity contribution in [1.82, 2.24) is 9.97 Å². The molecule has 0 aliphatic rings. The Bertz CT molecular complexity index is 1190. The van der Waals surface area contributed by atoms with E-state index in [-0.39, 0.29) is 5.56 Å². The molecule has 2 heterocycles. The number of nitriles is 1. The molecular weight excluding hydrogens is 342 g/mol. The van der Waals surface area contributed by atoms with Gasteiger partial charge in [0, 0.05) is 11.6 Å². The van der Waals surface area contributed by atoms with Crippen molar-refractivity contribution in [2.75, 3.05) is 0 Å². The number of hydrogen-bond donors (Lipinski definition) is 2. The summed E-state index contributed by atoms with van der Waals surface area (Å²) < 4.78 is 5.76. The number of benzene rings is 2. The summed E-state index contributed by atoms with van der Waals surface area (Å²) in [5, 5.41) is 18.8. The molecule has 0 atom stereocenters. The summed E-state index contributed by atoms with van der Waals surface area (Å²) in [5.74, 6) is 0.269. The number of aromatic carboxylic acids is 1. The van der Waals surface area contributed by atoms with E-state index in [1.54, 1.807) is 36.4 Å². The van der Waals surface area contributed by atoms with Crippen molar-refractivity contribution in [2.24, 2.45) is 0 Å². The SMILES string of the molecule is N#C/C(=C\c1ccc(-c2ccccc2C(=O)O)o1)c1nc2ccccc2[nH]1. The number of nitrogens with one attached hydrogen (secondary N) is 1. The molecule has 2 N–H and O–H groups in total. The maximum atomic E-state index is 11.4. The van der Waals surface area contributed by atoms with E-state index in [9.17, 15) is 15.2 Å². The third-order valence-corrected chi connectivity index (χ3v) is 4.10. The number of aromatic nitrogens is 2. The van der Waals surface area contributed by atoms with Crippen molar-refractivity contribution >= 4 is 28.7 Å². The molecule has 2 aromatic heterocycles. The van der Waals surface area contributed by atoms with Crippen LogP contribution in [0.3, 0.4) is 0 Å². The predicted molar refractivity (Wildman–Crippen MR) is 101 cm³/mol. The molecule has 4 aromatic rings. The lowest BCUT2D eigenvalue weighted by molar-refractivity contribution is 0.0697. The van der Waals surface area contributed by atoms with Crippen LogP contribution in [0.25, 0.3) is 34.0 Å². The fourth-order valence-corrected chi connectivity index (χ4v) is 2.84. The molecule has 0 saturated carbocycles. The summed E-state index contributed by atoms with van der Waals surface area (Å²) >= 11 is 0. The zero-order chi connectivity index (χ0) is 18.8. The molecule has 2 aromatic carbocycles. The minimum absolute atomic E-state index is 0.153. The van der Waals surface area contributed by atoms with Gasteiger partial charge in [-0.15, -0.1) is 0 Å². The van der Waals surface area contributed by atoms with Gasteiger partial charge >= 0.3 is 5.97 Å². The van der Waals surface area contributed by atoms with Gasteiger partial charge in [0.1, 0.15) is 23.4 Å². The Hall–Kier alpha value is -4.11. The Balaban J connectivity index is 1.72. The lowest BCUT2D eigenvalue weighted by atomic mass is 10.1. The molecule has 0 spiro atoms. The van der Waals surface area contributed by atoms with Gasteiger partial charge in [0.2, 0.25) is 0 Å². The smallest absolute Gasteiger partial charge is 0.336 e. The van der Waals surface area contributed by atoms with E-state index in [1.807, 2.05) is 24.3 Å². The number of carboxylic acids is 1. The molecule has 0 radical (unpaired) electrons. The van der Waals surface area contributed by atoms with Crippen LogP contribution in [0.15, 0.2) is 65.1 Å². The van der Waals surface area contributed by atoms with Gasteiger partial charge < -0.3 is 14.5 Å². The Kier molecular flexibility index (Phi) is 4.03. The molecular formula is C21H13N3O3. The molecule has 0 aliphatic heterocycles. The Morgan fingerprint density at radius 3 is 2.67 bits per heavy atom. The van der Waals surface area contributed by atoms with Gasteiger partial charge in [-0.2, -0.15) is 5.26 Å². The molecule has 0 fully saturated rings. The van der Waals surface area contributed by atoms with Crippen LogP contribution in [0.4, 0.5) is 0 Å². The first-order valence-corrected chi connectivity index (χ1v) is 8.15. The average molecular weight is 355 g/mol. The van der Waals surface area contributed by atoms with Crippen LogP contribution in [0.1, 0.15) is 21.9 Å². The normalized spacial score (nSPS) is 11.4. The fourth-order valence-electron chi connectivity index (χ4n) is 2.84. The number of hydrogen-bond acceptors (Lipinski definition) is 4. The maximum Gasteiger partial charge on any atom is 0.336 e. The number of rotatable bonds is 4. The summed E-state index contributed by atoms with van der Waals surface area (Å²) in [6.45, 7) is 0. The van der Waals surface area contributed by atoms with E-state index >= 15 is 0 Å². The number of fused-ring (bicyclic) bond motifs is 1. The van der Waals surface area contributed by atoms with Crippen LogP contribution in [0, 0.1) is 11.3 Å². The van der Waals surface area contributed by atoms with E-state index < -0.39 is 5.97 Å². The predicted octanol–water partition coefficient (Wildman–Crippen LogP) is 4.59. The third-order valence-electron chi connectivity index (χ3n) is 4.10. The molecule has 6 nitrogen and oxygen atoms in total. The highest BCUT2D eigenvalue weighted by molar-refractivity contribution is 5.95. The molecule has 0 unspecified atom stereocenters. The van der Waals surface area contributed by atoms with E-state index in [2.05, 4.69) is 16.0 Å². The van der Waals surface area contributed by atoms with Gasteiger partial charge in [0.25, 0.3) is 0 Å². The number of para-hydroxylation sites is 2. The van der Waals surface area contributed by atoms with Crippen LogP contribution >= 0.6 is 0 Å². The minimum atomic E-state index is -1.03. The van der Waals surface area contributed by atoms with Crippen molar-refractivity contribution in [3.05, 3.63) is 77.8 Å². The molecule has 0 amide bonds. The molecule has 6 heteroatoms. The summed E-state index contributed by atoms with van der Waals surface area (Å²) in [5.41, 5.74) is 2.55. The first-order chi connectivity index (χ1) is 13.2. The molecule has 27 heavy (non-hydrogen) atoms. The topological polar surface area (TPSA) is 103 Å². The number of furan rings is 1. The van der Waals surface area contributed by atoms with E-state index in [0.717, 1.165) is 11.0 Å². The summed E-state index contributed by atoms with van der Waals surface area (Å²) in [4.78, 5) is 18.9. The second kappa shape index (κ2) is 6.65. The second-order valence-electron chi connectivity index (χ2n) is 5.83. The highest BCUT2D eigenvalue weighted by atomic mass is 16.4. The molecule has 0 saturated heterocycles. The van der Waals surface area contributed by atoms with Gasteiger partial charge in [0.15, 0.2) is 0 Å². The van der Waals surface area contributed by atoms with Gasteiger partial charge in [-0.25, -0.2) is 9.78 Å². The number of nitrogens with zero attached hydrogens (tertiary/aromatic N) is 2. The number of aromatic amines is 1. The largest absolute Gasteiger partial charge is 0.478 e. The zero-order valence-corrected chi connectivity index (χ0v) is 14.0. The Morgan fingerprint density at radius 2 is 1.89 bits per heavy atom. The zero-order valence-electron chi connectivity index (χ0n) is 14.0. The molecule has 0 aliphatic carbocycles. The number of allylic oxidation sites excluding steroid dienone is 1. The number of carbonyl (C=O) groups is 1. The van der Waals surface area contributed by atoms with Crippen LogP contribution in [0.5, 0.6) is 0 Å². The average Bonchev–Trinajstić information content (AvgIpc) is 3.32. The van der Waals surface area contributed by atoms with Crippen molar-refractivity contribution in [2.45, 2.75) is 0 Å². The minimum Gasteiger partial charge on any atom is -0.478 e. The van der Waals surface area contributed by atoms with E-state index in [4.69, 9.17) is 4.42 Å². The monoisotopic (exact) mass is 355 g/mol. The molecule has 130 valence electrons. The first kappa shape index (κ1) is 16.4. The quantitative estimate of drug-likeness (QED) is 0.521. The van der Waals surface area contributed by atoms with Crippen molar-refractivity contribution < 1.29 is 14.3 Å². The maximum absolute atomic E-state index is 11.4. The van der Waals surface area contributed by atoms with Crippen LogP contribution in [-0.4, -0.2) is 21.0 Å². The second-order valence-corrected chi connectivity index (χ2v) is 5.83. The lowest BCUT2D eigenvalue weighted by Crippen LogP contribution is -1.98. The fraction of sp³-hybridized carbons (Fsp3) is 0. The van der Waals surface area contributed by atoms with Gasteiger partial charge in [-0.05, 0) is 30.3 Å². The van der Waals surface area contributed by atoms with Gasteiger partial charge in [-0.3, -0.25) is 0 Å². The Morgan fingerprint density at radius 1 is 1.11 bits per heavy atom. The number of imidazole rings is 1. The van der Waals surface area contributed by atoms with Crippen LogP contribution < -0.4 is 0 Å². The van der Waals surface area contributed by atoms with Crippen molar-refractivity contribution in [3.63, 3.8) is 0 Å². The van der Waals surface area contributed by atoms with Crippen molar-refractivity contribution in [1.29, 1.82) is 5.26 Å². The van der Waals surface area contributed by atoms with Crippen LogP contribution in [-0.2, 0) is 0 Å². The molecule has 0 bridgehead atoms. The highest BCUT2D eigenvalue weighted by Gasteiger charge is 2.14. The summed E-state index contributed by atoms with van der Waals surface area (Å²) in [6, 6.07) is 19.6. The summed E-state index contributed by atoms with van der Waals surface area (Å²) in [7, 11) is 0. The third kappa shape index (κ3) is 3.10. The van der Waals surface area contributed by atoms with Gasteiger partial charge in [-0.1, -0.05) is 30.3 Å². The van der Waals surface area contributed by atoms with E-state index in [0.29, 0.717) is 28.5 Å². The summed E-state index contributed by atoms with van der Waals surface area (Å²) in [6.07, 6.45) is 1.57. The van der Waals surface area contributed by atoms with Crippen molar-refractivity contribution in [3.8, 4) is 17.4 Å². The van der Waals surface area contributed by atoms with E-state index in [1.165, 1.54) is 6.07 Å². The standard InChI is InChI=1S/C21H13N3O3/c22-12-13(20-23-17-7-3-4-8-18(17)24-20)11-14-9-10-19(27-14)15-5-1-2-6-16(15)21(25)26/h1-11H,(H,23,24)(H,25,26)/b13-11+. The first-order valence-electron chi connectivity index (χ1n) is 8.15. The number of H-pyrrole nitrogens is 1. The van der Waals surface area contributed by atoms with Crippen LogP contribution in [0.2, 0.25) is 0 Å². The lowest BCUT2D eigenvalue weighted by Gasteiger charge is -2.02. The number of carboxylic acid groups (broad SMARTS) is 1. The van der Waals surface area contributed by atoms with Gasteiger partial charge in [0.05, 0.1) is 22.2 Å².